The van der Waals surface area contributed by atoms with Crippen LogP contribution in [0.25, 0.3) is 0 Å². The van der Waals surface area contributed by atoms with Crippen LogP contribution in [0.3, 0.4) is 0 Å². The fourth-order valence-electron chi connectivity index (χ4n) is 1.18. The topological polar surface area (TPSA) is 0 Å². The Hall–Kier alpha value is 0.440. The molecule has 0 aromatic rings. The van der Waals surface area contributed by atoms with E-state index in [0.29, 0.717) is 0 Å². The van der Waals surface area contributed by atoms with E-state index in [4.69, 9.17) is 0 Å². The third-order valence-electron chi connectivity index (χ3n) is 2.09. The number of hydrogen-bond acceptors (Lipinski definition) is 2. The maximum absolute atomic E-state index is 4.20. The second-order valence-electron chi connectivity index (χ2n) is 3.52. The third-order valence-corrected chi connectivity index (χ3v) is 3.31. The van der Waals surface area contributed by atoms with E-state index in [2.05, 4.69) is 31.0 Å². The molecule has 0 atom stereocenters. The predicted molar refractivity (Wildman–Crippen MR) is 73.4 cm³/mol. The first-order valence-corrected chi connectivity index (χ1v) is 7.47. The smallest absolute Gasteiger partial charge is 0.00261 e. The van der Waals surface area contributed by atoms with Crippen molar-refractivity contribution >= 4 is 24.4 Å². The lowest BCUT2D eigenvalue weighted by molar-refractivity contribution is 0.712. The van der Waals surface area contributed by atoms with E-state index in [-0.39, 0.29) is 0 Å². The van der Waals surface area contributed by atoms with Crippen LogP contribution >= 0.6 is 24.4 Å². The molecule has 84 valence electrons. The Kier molecular flexibility index (Phi) is 13.9. The summed E-state index contributed by atoms with van der Waals surface area (Å²) in [5.41, 5.74) is 0. The predicted octanol–water partition coefficient (Wildman–Crippen LogP) is 4.91. The number of rotatable bonds is 10. The summed E-state index contributed by atoms with van der Waals surface area (Å²) < 4.78 is 0. The Morgan fingerprint density at radius 2 is 1.86 bits per heavy atom. The van der Waals surface area contributed by atoms with Gasteiger partial charge in [0.1, 0.15) is 0 Å². The summed E-state index contributed by atoms with van der Waals surface area (Å²) in [6, 6.07) is 0. The van der Waals surface area contributed by atoms with Crippen LogP contribution in [0.2, 0.25) is 0 Å². The van der Waals surface area contributed by atoms with Crippen molar-refractivity contribution in [2.45, 2.75) is 51.9 Å². The highest BCUT2D eigenvalue weighted by molar-refractivity contribution is 8.02. The molecule has 2 heteroatoms. The Bertz CT molecular complexity index is 121. The van der Waals surface area contributed by atoms with Gasteiger partial charge in [0.2, 0.25) is 0 Å². The molecule has 0 amide bonds. The fourth-order valence-corrected chi connectivity index (χ4v) is 2.18. The summed E-state index contributed by atoms with van der Waals surface area (Å²) in [6.45, 7) is 2.24. The Morgan fingerprint density at radius 3 is 2.57 bits per heavy atom. The number of thiol groups is 1. The van der Waals surface area contributed by atoms with Gasteiger partial charge in [-0.3, -0.25) is 0 Å². The summed E-state index contributed by atoms with van der Waals surface area (Å²) in [4.78, 5) is 0. The second kappa shape index (κ2) is 13.4. The van der Waals surface area contributed by atoms with Crippen LogP contribution in [-0.2, 0) is 0 Å². The van der Waals surface area contributed by atoms with Crippen molar-refractivity contribution in [2.24, 2.45) is 0 Å². The van der Waals surface area contributed by atoms with E-state index >= 15 is 0 Å². The van der Waals surface area contributed by atoms with Crippen LogP contribution in [0, 0.1) is 0 Å². The van der Waals surface area contributed by atoms with Gasteiger partial charge >= 0.3 is 0 Å². The van der Waals surface area contributed by atoms with Gasteiger partial charge in [-0.15, -0.1) is 11.8 Å². The van der Waals surface area contributed by atoms with E-state index in [1.54, 1.807) is 0 Å². The molecule has 0 aliphatic heterocycles. The minimum absolute atomic E-state index is 1.05. The minimum Gasteiger partial charge on any atom is -0.179 e. The molecule has 0 aromatic heterocycles. The van der Waals surface area contributed by atoms with Gasteiger partial charge in [0.05, 0.1) is 0 Å². The molecule has 0 fully saturated rings. The lowest BCUT2D eigenvalue weighted by Gasteiger charge is -1.97. The average molecular weight is 232 g/mol. The molecule has 0 aromatic carbocycles. The quantitative estimate of drug-likeness (QED) is 0.412. The van der Waals surface area contributed by atoms with Crippen LogP contribution in [0.5, 0.6) is 0 Å². The van der Waals surface area contributed by atoms with Crippen molar-refractivity contribution in [2.75, 3.05) is 11.5 Å². The van der Waals surface area contributed by atoms with Crippen LogP contribution < -0.4 is 0 Å². The normalized spacial score (nSPS) is 11.3. The van der Waals surface area contributed by atoms with Crippen molar-refractivity contribution in [1.29, 1.82) is 0 Å². The number of allylic oxidation sites excluding steroid dienone is 1. The summed E-state index contributed by atoms with van der Waals surface area (Å²) in [5, 5.41) is 2.27. The van der Waals surface area contributed by atoms with Crippen molar-refractivity contribution in [3.05, 3.63) is 11.5 Å². The molecule has 0 saturated heterocycles. The number of thioether (sulfide) groups is 1. The van der Waals surface area contributed by atoms with E-state index < -0.39 is 0 Å². The first kappa shape index (κ1) is 14.4. The molecule has 0 saturated carbocycles. The highest BCUT2D eigenvalue weighted by Gasteiger charge is 1.88. The summed E-state index contributed by atoms with van der Waals surface area (Å²) >= 11 is 6.16. The fraction of sp³-hybridized carbons (Fsp3) is 0.833. The van der Waals surface area contributed by atoms with Crippen molar-refractivity contribution in [1.82, 2.24) is 0 Å². The van der Waals surface area contributed by atoms with Gasteiger partial charge in [0.15, 0.2) is 0 Å². The van der Waals surface area contributed by atoms with Gasteiger partial charge in [-0.1, -0.05) is 38.7 Å². The first-order valence-electron chi connectivity index (χ1n) is 5.79. The van der Waals surface area contributed by atoms with Crippen LogP contribution in [-0.4, -0.2) is 11.5 Å². The minimum atomic E-state index is 1.05. The third kappa shape index (κ3) is 12.4. The molecule has 0 spiro atoms. The molecule has 0 aliphatic rings. The SMILES string of the molecule is CCCC/C=C/SCCCCCCS. The van der Waals surface area contributed by atoms with Crippen molar-refractivity contribution in [3.63, 3.8) is 0 Å². The molecular weight excluding hydrogens is 208 g/mol. The van der Waals surface area contributed by atoms with Gasteiger partial charge in [-0.2, -0.15) is 12.6 Å². The molecule has 0 nitrogen and oxygen atoms in total. The zero-order valence-electron chi connectivity index (χ0n) is 9.37. The Balaban J connectivity index is 2.94. The molecule has 0 aliphatic carbocycles. The highest BCUT2D eigenvalue weighted by atomic mass is 32.2. The molecule has 0 N–H and O–H groups in total. The van der Waals surface area contributed by atoms with E-state index in [9.17, 15) is 0 Å². The van der Waals surface area contributed by atoms with Gasteiger partial charge in [0, 0.05) is 0 Å². The van der Waals surface area contributed by atoms with Gasteiger partial charge < -0.3 is 0 Å². The van der Waals surface area contributed by atoms with E-state index in [1.807, 2.05) is 11.8 Å². The van der Waals surface area contributed by atoms with E-state index in [0.717, 1.165) is 5.75 Å². The zero-order chi connectivity index (χ0) is 10.5. The molecule has 0 unspecified atom stereocenters. The Labute approximate surface area is 99.3 Å². The largest absolute Gasteiger partial charge is 0.179 e. The van der Waals surface area contributed by atoms with E-state index in [1.165, 1.54) is 50.7 Å². The van der Waals surface area contributed by atoms with Gasteiger partial charge in [-0.05, 0) is 36.2 Å². The van der Waals surface area contributed by atoms with Crippen LogP contribution in [0.4, 0.5) is 0 Å². The summed E-state index contributed by atoms with van der Waals surface area (Å²) in [5.74, 6) is 2.33. The highest BCUT2D eigenvalue weighted by Crippen LogP contribution is 2.10. The molecule has 0 rings (SSSR count). The van der Waals surface area contributed by atoms with Crippen LogP contribution in [0.1, 0.15) is 51.9 Å². The molecule has 0 heterocycles. The molecule has 0 bridgehead atoms. The van der Waals surface area contributed by atoms with Gasteiger partial charge in [-0.25, -0.2) is 0 Å². The zero-order valence-corrected chi connectivity index (χ0v) is 11.1. The number of unbranched alkanes of at least 4 members (excludes halogenated alkanes) is 5. The van der Waals surface area contributed by atoms with Gasteiger partial charge in [0.25, 0.3) is 0 Å². The standard InChI is InChI=1S/C12H24S2/c1-2-3-4-8-11-14-12-9-6-5-7-10-13/h8,11,13H,2-7,9-10,12H2,1H3/b11-8+. The maximum Gasteiger partial charge on any atom is -0.00261 e. The second-order valence-corrected chi connectivity index (χ2v) is 4.98. The Morgan fingerprint density at radius 1 is 1.07 bits per heavy atom. The monoisotopic (exact) mass is 232 g/mol. The maximum atomic E-state index is 4.20. The molecular formula is C12H24S2. The first-order chi connectivity index (χ1) is 6.91. The average Bonchev–Trinajstić information content (AvgIpc) is 2.21. The summed E-state index contributed by atoms with van der Waals surface area (Å²) in [7, 11) is 0. The number of hydrogen-bond donors (Lipinski definition) is 1. The molecule has 14 heavy (non-hydrogen) atoms. The van der Waals surface area contributed by atoms with Crippen molar-refractivity contribution in [3.8, 4) is 0 Å². The lowest BCUT2D eigenvalue weighted by Crippen LogP contribution is -1.81. The summed E-state index contributed by atoms with van der Waals surface area (Å²) in [6.07, 6.45) is 11.6. The lowest BCUT2D eigenvalue weighted by atomic mass is 10.2. The molecule has 0 radical (unpaired) electrons. The van der Waals surface area contributed by atoms with Crippen LogP contribution in [0.15, 0.2) is 11.5 Å². The van der Waals surface area contributed by atoms with Crippen molar-refractivity contribution < 1.29 is 0 Å².